The van der Waals surface area contributed by atoms with Gasteiger partial charge in [-0.05, 0) is 42.0 Å². The minimum atomic E-state index is 0.865. The Kier molecular flexibility index (Phi) is 3.89. The van der Waals surface area contributed by atoms with E-state index in [1.165, 1.54) is 5.56 Å². The summed E-state index contributed by atoms with van der Waals surface area (Å²) in [6.45, 7) is 0. The topological polar surface area (TPSA) is 9.23 Å². The van der Waals surface area contributed by atoms with Crippen molar-refractivity contribution in [1.82, 2.24) is 0 Å². The summed E-state index contributed by atoms with van der Waals surface area (Å²) in [5.41, 5.74) is 1.29. The van der Waals surface area contributed by atoms with Crippen LogP contribution in [0.15, 0.2) is 54.6 Å². The van der Waals surface area contributed by atoms with Crippen LogP contribution >= 0.6 is 12.6 Å². The van der Waals surface area contributed by atoms with Crippen molar-refractivity contribution in [1.29, 1.82) is 0 Å². The van der Waals surface area contributed by atoms with Gasteiger partial charge < -0.3 is 4.74 Å². The van der Waals surface area contributed by atoms with Gasteiger partial charge in [-0.15, -0.1) is 0 Å². The molecule has 0 saturated carbocycles. The third kappa shape index (κ3) is 3.04. The molecule has 0 saturated heterocycles. The maximum absolute atomic E-state index is 5.69. The summed E-state index contributed by atoms with van der Waals surface area (Å²) in [6, 6.07) is 17.9. The van der Waals surface area contributed by atoms with Gasteiger partial charge in [-0.1, -0.05) is 30.3 Å². The third-order valence-corrected chi connectivity index (χ3v) is 2.53. The summed E-state index contributed by atoms with van der Waals surface area (Å²) in [5, 5.41) is 0. The van der Waals surface area contributed by atoms with E-state index in [0.29, 0.717) is 0 Å². The molecule has 0 spiro atoms. The predicted octanol–water partition coefficient (Wildman–Crippen LogP) is 3.95. The number of aryl methyl sites for hydroxylation is 1. The molecule has 0 amide bonds. The van der Waals surface area contributed by atoms with E-state index in [4.69, 9.17) is 4.74 Å². The molecule has 0 bridgehead atoms. The first-order valence-corrected chi connectivity index (χ1v) is 5.94. The molecular formula is C14H14OS. The molecule has 0 aliphatic heterocycles. The van der Waals surface area contributed by atoms with Crippen LogP contribution in [-0.2, 0) is 6.42 Å². The number of hydrogen-bond acceptors (Lipinski definition) is 2. The van der Waals surface area contributed by atoms with Gasteiger partial charge in [-0.3, -0.25) is 0 Å². The van der Waals surface area contributed by atoms with Crippen molar-refractivity contribution < 1.29 is 4.74 Å². The number of thiol groups is 1. The van der Waals surface area contributed by atoms with Gasteiger partial charge >= 0.3 is 0 Å². The molecule has 2 heteroatoms. The lowest BCUT2D eigenvalue weighted by molar-refractivity contribution is 0.482. The summed E-state index contributed by atoms with van der Waals surface area (Å²) >= 11 is 4.21. The molecule has 0 aliphatic carbocycles. The van der Waals surface area contributed by atoms with Crippen LogP contribution in [0.2, 0.25) is 0 Å². The average Bonchev–Trinajstić information content (AvgIpc) is 2.33. The minimum Gasteiger partial charge on any atom is -0.457 e. The van der Waals surface area contributed by atoms with Crippen LogP contribution in [0.1, 0.15) is 5.56 Å². The molecule has 2 aromatic carbocycles. The van der Waals surface area contributed by atoms with Gasteiger partial charge in [0.05, 0.1) is 0 Å². The Morgan fingerprint density at radius 2 is 1.44 bits per heavy atom. The highest BCUT2D eigenvalue weighted by atomic mass is 32.1. The van der Waals surface area contributed by atoms with E-state index in [-0.39, 0.29) is 0 Å². The number of rotatable bonds is 4. The second-order valence-corrected chi connectivity index (χ2v) is 3.98. The van der Waals surface area contributed by atoms with Crippen LogP contribution in [0.5, 0.6) is 11.5 Å². The Balaban J connectivity index is 2.05. The van der Waals surface area contributed by atoms with Crippen molar-refractivity contribution >= 4 is 12.6 Å². The van der Waals surface area contributed by atoms with Crippen LogP contribution in [0, 0.1) is 0 Å². The molecule has 2 rings (SSSR count). The first-order valence-electron chi connectivity index (χ1n) is 5.31. The lowest BCUT2D eigenvalue weighted by atomic mass is 10.2. The Morgan fingerprint density at radius 3 is 2.06 bits per heavy atom. The van der Waals surface area contributed by atoms with Gasteiger partial charge in [-0.2, -0.15) is 12.6 Å². The first-order chi connectivity index (χ1) is 7.88. The van der Waals surface area contributed by atoms with E-state index < -0.39 is 0 Å². The fraction of sp³-hybridized carbons (Fsp3) is 0.143. The third-order valence-electron chi connectivity index (χ3n) is 2.30. The molecule has 1 nitrogen and oxygen atoms in total. The van der Waals surface area contributed by atoms with Gasteiger partial charge in [0.2, 0.25) is 0 Å². The number of para-hydroxylation sites is 1. The van der Waals surface area contributed by atoms with Crippen molar-refractivity contribution in [3.8, 4) is 11.5 Å². The van der Waals surface area contributed by atoms with Crippen molar-refractivity contribution in [3.05, 3.63) is 60.2 Å². The molecule has 2 aromatic rings. The summed E-state index contributed by atoms with van der Waals surface area (Å²) in [4.78, 5) is 0. The van der Waals surface area contributed by atoms with Crippen LogP contribution in [0.3, 0.4) is 0 Å². The van der Waals surface area contributed by atoms with Crippen LogP contribution in [0.4, 0.5) is 0 Å². The smallest absolute Gasteiger partial charge is 0.127 e. The Morgan fingerprint density at radius 1 is 0.812 bits per heavy atom. The molecular weight excluding hydrogens is 216 g/mol. The molecule has 0 fully saturated rings. The highest BCUT2D eigenvalue weighted by Gasteiger charge is 1.96. The van der Waals surface area contributed by atoms with Gasteiger partial charge in [0, 0.05) is 0 Å². The fourth-order valence-corrected chi connectivity index (χ4v) is 1.74. The summed E-state index contributed by atoms with van der Waals surface area (Å²) < 4.78 is 5.69. The van der Waals surface area contributed by atoms with Crippen LogP contribution in [-0.4, -0.2) is 5.75 Å². The Labute approximate surface area is 101 Å². The largest absolute Gasteiger partial charge is 0.457 e. The molecule has 0 aromatic heterocycles. The number of benzene rings is 2. The zero-order valence-corrected chi connectivity index (χ0v) is 9.86. The quantitative estimate of drug-likeness (QED) is 0.782. The molecule has 0 radical (unpaired) electrons. The van der Waals surface area contributed by atoms with E-state index >= 15 is 0 Å². The monoisotopic (exact) mass is 230 g/mol. The highest BCUT2D eigenvalue weighted by molar-refractivity contribution is 7.80. The summed E-state index contributed by atoms with van der Waals surface area (Å²) in [7, 11) is 0. The molecule has 0 unspecified atom stereocenters. The summed E-state index contributed by atoms with van der Waals surface area (Å²) in [5.74, 6) is 2.61. The minimum absolute atomic E-state index is 0.865. The highest BCUT2D eigenvalue weighted by Crippen LogP contribution is 2.21. The van der Waals surface area contributed by atoms with Gasteiger partial charge in [0.15, 0.2) is 0 Å². The maximum Gasteiger partial charge on any atom is 0.127 e. The molecule has 0 heterocycles. The van der Waals surface area contributed by atoms with E-state index in [2.05, 4.69) is 24.8 Å². The average molecular weight is 230 g/mol. The number of hydrogen-bond donors (Lipinski definition) is 1. The SMILES string of the molecule is SCCc1ccc(Oc2ccccc2)cc1. The second-order valence-electron chi connectivity index (χ2n) is 3.53. The van der Waals surface area contributed by atoms with Crippen molar-refractivity contribution in [2.45, 2.75) is 6.42 Å². The van der Waals surface area contributed by atoms with Gasteiger partial charge in [-0.25, -0.2) is 0 Å². The van der Waals surface area contributed by atoms with Crippen LogP contribution < -0.4 is 4.74 Å². The molecule has 16 heavy (non-hydrogen) atoms. The van der Waals surface area contributed by atoms with Crippen molar-refractivity contribution in [2.75, 3.05) is 5.75 Å². The van der Waals surface area contributed by atoms with E-state index in [0.717, 1.165) is 23.7 Å². The lowest BCUT2D eigenvalue weighted by Gasteiger charge is -2.06. The molecule has 82 valence electrons. The zero-order chi connectivity index (χ0) is 11.2. The van der Waals surface area contributed by atoms with Crippen LogP contribution in [0.25, 0.3) is 0 Å². The lowest BCUT2D eigenvalue weighted by Crippen LogP contribution is -1.87. The first kappa shape index (κ1) is 11.1. The maximum atomic E-state index is 5.69. The fourth-order valence-electron chi connectivity index (χ4n) is 1.48. The summed E-state index contributed by atoms with van der Waals surface area (Å²) in [6.07, 6.45) is 0.995. The van der Waals surface area contributed by atoms with Crippen molar-refractivity contribution in [2.24, 2.45) is 0 Å². The molecule has 0 N–H and O–H groups in total. The van der Waals surface area contributed by atoms with E-state index in [1.54, 1.807) is 0 Å². The predicted molar refractivity (Wildman–Crippen MR) is 70.5 cm³/mol. The van der Waals surface area contributed by atoms with E-state index in [9.17, 15) is 0 Å². The van der Waals surface area contributed by atoms with E-state index in [1.807, 2.05) is 42.5 Å². The Hall–Kier alpha value is -1.41. The van der Waals surface area contributed by atoms with Gasteiger partial charge in [0.25, 0.3) is 0 Å². The van der Waals surface area contributed by atoms with Gasteiger partial charge in [0.1, 0.15) is 11.5 Å². The zero-order valence-electron chi connectivity index (χ0n) is 8.97. The second kappa shape index (κ2) is 5.61. The molecule has 0 aliphatic rings. The van der Waals surface area contributed by atoms with Crippen molar-refractivity contribution in [3.63, 3.8) is 0 Å². The Bertz CT molecular complexity index is 422. The normalized spacial score (nSPS) is 10.1. The standard InChI is InChI=1S/C14H14OS/c16-11-10-12-6-8-14(9-7-12)15-13-4-2-1-3-5-13/h1-9,16H,10-11H2. The number of ether oxygens (including phenoxy) is 1. The molecule has 0 atom stereocenters.